The summed E-state index contributed by atoms with van der Waals surface area (Å²) in [6, 6.07) is 0. The molecule has 1 heteroatoms. The standard InChI is InChI=1S/C31H55F/c1-4-25(2)14-8-5-11-17-30(31(32)22-12-7-13-23-31)29-21-20-28(26(3)24-29)19-18-27-15-9-6-10-16-27/h6,9,25-30H,4-5,7-8,10-24H2,1-3H3. The molecule has 2 fully saturated rings. The van der Waals surface area contributed by atoms with E-state index in [1.807, 2.05) is 0 Å². The molecule has 0 aromatic heterocycles. The summed E-state index contributed by atoms with van der Waals surface area (Å²) in [6.07, 6.45) is 28.6. The molecule has 0 nitrogen and oxygen atoms in total. The lowest BCUT2D eigenvalue weighted by molar-refractivity contribution is -0.0205. The van der Waals surface area contributed by atoms with Gasteiger partial charge < -0.3 is 0 Å². The van der Waals surface area contributed by atoms with Gasteiger partial charge in [-0.2, -0.15) is 0 Å². The molecule has 0 aromatic carbocycles. The van der Waals surface area contributed by atoms with E-state index < -0.39 is 5.67 Å². The Hall–Kier alpha value is -0.330. The number of hydrogen-bond donors (Lipinski definition) is 0. The van der Waals surface area contributed by atoms with Crippen molar-refractivity contribution in [3.63, 3.8) is 0 Å². The highest BCUT2D eigenvalue weighted by atomic mass is 19.1. The minimum absolute atomic E-state index is 0.346. The van der Waals surface area contributed by atoms with Crippen molar-refractivity contribution in [1.29, 1.82) is 0 Å². The lowest BCUT2D eigenvalue weighted by Crippen LogP contribution is -2.42. The van der Waals surface area contributed by atoms with Crippen LogP contribution in [-0.2, 0) is 0 Å². The van der Waals surface area contributed by atoms with Crippen molar-refractivity contribution in [3.05, 3.63) is 12.2 Å². The smallest absolute Gasteiger partial charge is 0.114 e. The van der Waals surface area contributed by atoms with E-state index in [1.165, 1.54) is 89.9 Å². The van der Waals surface area contributed by atoms with E-state index in [2.05, 4.69) is 32.9 Å². The van der Waals surface area contributed by atoms with Gasteiger partial charge in [-0.05, 0) is 106 Å². The van der Waals surface area contributed by atoms with Crippen LogP contribution < -0.4 is 0 Å². The molecule has 6 unspecified atom stereocenters. The Labute approximate surface area is 200 Å². The van der Waals surface area contributed by atoms with Gasteiger partial charge in [-0.15, -0.1) is 0 Å². The van der Waals surface area contributed by atoms with E-state index in [0.717, 1.165) is 55.8 Å². The Morgan fingerprint density at radius 3 is 2.41 bits per heavy atom. The second-order valence-electron chi connectivity index (χ2n) is 12.4. The first-order valence-corrected chi connectivity index (χ1v) is 14.9. The topological polar surface area (TPSA) is 0 Å². The maximum Gasteiger partial charge on any atom is 0.114 e. The molecule has 186 valence electrons. The van der Waals surface area contributed by atoms with Crippen LogP contribution in [0.2, 0.25) is 0 Å². The van der Waals surface area contributed by atoms with E-state index in [9.17, 15) is 0 Å². The van der Waals surface area contributed by atoms with Gasteiger partial charge in [0, 0.05) is 0 Å². The Balaban J connectivity index is 1.50. The highest BCUT2D eigenvalue weighted by Crippen LogP contribution is 2.50. The zero-order valence-corrected chi connectivity index (χ0v) is 21.9. The van der Waals surface area contributed by atoms with Crippen molar-refractivity contribution in [1.82, 2.24) is 0 Å². The second-order valence-corrected chi connectivity index (χ2v) is 12.4. The van der Waals surface area contributed by atoms with Gasteiger partial charge in [0.2, 0.25) is 0 Å². The first kappa shape index (κ1) is 26.3. The number of unbranched alkanes of at least 4 members (excludes halogenated alkanes) is 2. The zero-order valence-electron chi connectivity index (χ0n) is 21.9. The van der Waals surface area contributed by atoms with Crippen molar-refractivity contribution in [2.45, 2.75) is 148 Å². The predicted molar refractivity (Wildman–Crippen MR) is 139 cm³/mol. The summed E-state index contributed by atoms with van der Waals surface area (Å²) in [7, 11) is 0. The van der Waals surface area contributed by atoms with Crippen molar-refractivity contribution < 1.29 is 4.39 Å². The third-order valence-corrected chi connectivity index (χ3v) is 10.0. The second kappa shape index (κ2) is 13.5. The Kier molecular flexibility index (Phi) is 11.1. The predicted octanol–water partition coefficient (Wildman–Crippen LogP) is 10.5. The van der Waals surface area contributed by atoms with Crippen molar-refractivity contribution in [3.8, 4) is 0 Å². The largest absolute Gasteiger partial charge is 0.244 e. The molecule has 0 heterocycles. The van der Waals surface area contributed by atoms with E-state index in [1.54, 1.807) is 0 Å². The molecule has 6 atom stereocenters. The minimum Gasteiger partial charge on any atom is -0.244 e. The highest BCUT2D eigenvalue weighted by Gasteiger charge is 2.45. The molecule has 0 N–H and O–H groups in total. The van der Waals surface area contributed by atoms with Gasteiger partial charge in [0.1, 0.15) is 5.67 Å². The number of alkyl halides is 1. The fourth-order valence-electron chi connectivity index (χ4n) is 7.53. The van der Waals surface area contributed by atoms with Gasteiger partial charge in [0.25, 0.3) is 0 Å². The molecule has 0 aromatic rings. The summed E-state index contributed by atoms with van der Waals surface area (Å²) in [5.74, 6) is 4.49. The Bertz CT molecular complexity index is 531. The Morgan fingerprint density at radius 2 is 1.72 bits per heavy atom. The van der Waals surface area contributed by atoms with Crippen LogP contribution in [0.5, 0.6) is 0 Å². The molecule has 0 amide bonds. The van der Waals surface area contributed by atoms with Crippen LogP contribution in [0.15, 0.2) is 12.2 Å². The van der Waals surface area contributed by atoms with Crippen LogP contribution in [0, 0.1) is 35.5 Å². The molecule has 3 aliphatic rings. The van der Waals surface area contributed by atoms with Gasteiger partial charge in [-0.25, -0.2) is 4.39 Å². The quantitative estimate of drug-likeness (QED) is 0.206. The van der Waals surface area contributed by atoms with E-state index in [0.29, 0.717) is 11.8 Å². The molecule has 0 spiro atoms. The number of rotatable bonds is 12. The van der Waals surface area contributed by atoms with Crippen LogP contribution in [-0.4, -0.2) is 5.67 Å². The first-order chi connectivity index (χ1) is 15.5. The molecule has 0 bridgehead atoms. The first-order valence-electron chi connectivity index (χ1n) is 14.9. The van der Waals surface area contributed by atoms with Crippen LogP contribution in [0.1, 0.15) is 143 Å². The van der Waals surface area contributed by atoms with Crippen molar-refractivity contribution in [2.24, 2.45) is 35.5 Å². The normalized spacial score (nSPS) is 32.5. The summed E-state index contributed by atoms with van der Waals surface area (Å²) >= 11 is 0. The molecule has 0 aliphatic heterocycles. The molecule has 2 saturated carbocycles. The van der Waals surface area contributed by atoms with E-state index >= 15 is 4.39 Å². The number of allylic oxidation sites excluding steroid dienone is 2. The van der Waals surface area contributed by atoms with Crippen LogP contribution >= 0.6 is 0 Å². The average molecular weight is 447 g/mol. The molecule has 3 aliphatic carbocycles. The third-order valence-electron chi connectivity index (χ3n) is 10.0. The third kappa shape index (κ3) is 7.87. The maximum atomic E-state index is 16.3. The van der Waals surface area contributed by atoms with Crippen LogP contribution in [0.3, 0.4) is 0 Å². The molecule has 32 heavy (non-hydrogen) atoms. The summed E-state index contributed by atoms with van der Waals surface area (Å²) < 4.78 is 16.3. The molecule has 0 saturated heterocycles. The van der Waals surface area contributed by atoms with E-state index in [4.69, 9.17) is 0 Å². The van der Waals surface area contributed by atoms with Gasteiger partial charge in [0.15, 0.2) is 0 Å². The minimum atomic E-state index is -0.847. The average Bonchev–Trinajstić information content (AvgIpc) is 2.81. The van der Waals surface area contributed by atoms with Gasteiger partial charge in [0.05, 0.1) is 0 Å². The van der Waals surface area contributed by atoms with Crippen LogP contribution in [0.25, 0.3) is 0 Å². The SMILES string of the molecule is CCC(C)CCCCCC(C1CCC(CCC2CC=CCC2)C(C)C1)C1(F)CCCCC1. The lowest BCUT2D eigenvalue weighted by Gasteiger charge is -2.45. The van der Waals surface area contributed by atoms with Gasteiger partial charge in [-0.3, -0.25) is 0 Å². The highest BCUT2D eigenvalue weighted by molar-refractivity contribution is 4.96. The summed E-state index contributed by atoms with van der Waals surface area (Å²) in [5.41, 5.74) is -0.847. The van der Waals surface area contributed by atoms with Crippen LogP contribution in [0.4, 0.5) is 4.39 Å². The fraction of sp³-hybridized carbons (Fsp3) is 0.935. The number of halogens is 1. The molecule has 0 radical (unpaired) electrons. The van der Waals surface area contributed by atoms with Gasteiger partial charge >= 0.3 is 0 Å². The molecule has 3 rings (SSSR count). The zero-order chi connectivity index (χ0) is 22.8. The molecular weight excluding hydrogens is 391 g/mol. The van der Waals surface area contributed by atoms with Crippen molar-refractivity contribution in [2.75, 3.05) is 0 Å². The van der Waals surface area contributed by atoms with Crippen molar-refractivity contribution >= 4 is 0 Å². The monoisotopic (exact) mass is 446 g/mol. The summed E-state index contributed by atoms with van der Waals surface area (Å²) in [5, 5.41) is 0. The Morgan fingerprint density at radius 1 is 0.938 bits per heavy atom. The summed E-state index contributed by atoms with van der Waals surface area (Å²) in [4.78, 5) is 0. The molecular formula is C31H55F. The number of hydrogen-bond acceptors (Lipinski definition) is 0. The lowest BCUT2D eigenvalue weighted by atomic mass is 9.62. The fourth-order valence-corrected chi connectivity index (χ4v) is 7.53. The maximum absolute atomic E-state index is 16.3. The van der Waals surface area contributed by atoms with Gasteiger partial charge in [-0.1, -0.05) is 84.3 Å². The summed E-state index contributed by atoms with van der Waals surface area (Å²) in [6.45, 7) is 7.19. The van der Waals surface area contributed by atoms with E-state index in [-0.39, 0.29) is 0 Å².